The van der Waals surface area contributed by atoms with Crippen LogP contribution in [0.5, 0.6) is 11.5 Å². The number of carbonyl (C=O) groups excluding carboxylic acids is 1. The number of nitro groups is 1. The van der Waals surface area contributed by atoms with Crippen LogP contribution >= 0.6 is 22.2 Å². The number of benzene rings is 4. The largest absolute Gasteiger partial charge is 0.453 e. The lowest BCUT2D eigenvalue weighted by Gasteiger charge is -2.41. The number of anilines is 2. The summed E-state index contributed by atoms with van der Waals surface area (Å²) in [4.78, 5) is 32.2. The van der Waals surface area contributed by atoms with Crippen LogP contribution in [0.4, 0.5) is 21.5 Å². The van der Waals surface area contributed by atoms with Crippen molar-refractivity contribution < 1.29 is 36.4 Å². The first-order valence-corrected chi connectivity index (χ1v) is 24.3. The lowest BCUT2D eigenvalue weighted by Crippen LogP contribution is -2.47. The molecule has 2 saturated heterocycles. The maximum Gasteiger partial charge on any atom is 0.295 e. The Labute approximate surface area is 371 Å². The lowest BCUT2D eigenvalue weighted by molar-refractivity contribution is -0.384. The molecule has 0 spiro atoms. The second-order valence-corrected chi connectivity index (χ2v) is 21.5. The number of rotatable bonds is 12. The predicted molar refractivity (Wildman–Crippen MR) is 245 cm³/mol. The van der Waals surface area contributed by atoms with Crippen LogP contribution in [0.2, 0.25) is 5.02 Å². The molecule has 15 nitrogen and oxygen atoms in total. The molecule has 3 heterocycles. The van der Waals surface area contributed by atoms with Crippen molar-refractivity contribution in [2.75, 3.05) is 67.6 Å². The maximum atomic E-state index is 15.5. The first-order valence-electron chi connectivity index (χ1n) is 20.6. The van der Waals surface area contributed by atoms with Crippen molar-refractivity contribution in [1.29, 1.82) is 0 Å². The third-order valence-electron chi connectivity index (χ3n) is 11.9. The maximum absolute atomic E-state index is 15.5. The SMILES string of the molecule is CC1(C)CCC(CN2CCN(c3ccc(C(=O)NS(=O)(=O)c4ccc(NN5CCS(O)(O)CC5)c([N+](=O)[O-])c4)c(Oc4cc5cc[nH]c5cc4F)c3)CC2)=C(c2ccc(Cl)cc2)C1. The molecule has 0 saturated carbocycles. The van der Waals surface area contributed by atoms with Gasteiger partial charge in [0.1, 0.15) is 11.4 Å². The number of carbonyl (C=O) groups is 1. The molecule has 3 aliphatic rings. The van der Waals surface area contributed by atoms with Gasteiger partial charge in [-0.05, 0) is 84.3 Å². The van der Waals surface area contributed by atoms with Crippen molar-refractivity contribution in [2.45, 2.75) is 38.0 Å². The van der Waals surface area contributed by atoms with Crippen LogP contribution in [-0.4, -0.2) is 101 Å². The minimum atomic E-state index is -4.69. The normalized spacial score (nSPS) is 18.9. The van der Waals surface area contributed by atoms with Gasteiger partial charge in [0.2, 0.25) is 0 Å². The van der Waals surface area contributed by atoms with Crippen LogP contribution < -0.4 is 19.8 Å². The molecule has 334 valence electrons. The summed E-state index contributed by atoms with van der Waals surface area (Å²) in [5.74, 6) is -1.93. The molecule has 8 rings (SSSR count). The quantitative estimate of drug-likeness (QED) is 0.0590. The van der Waals surface area contributed by atoms with Gasteiger partial charge in [0.25, 0.3) is 21.6 Å². The number of nitrogens with one attached hydrogen (secondary N) is 3. The lowest BCUT2D eigenvalue weighted by atomic mass is 9.72. The average Bonchev–Trinajstić information content (AvgIpc) is 3.69. The molecule has 5 aromatic rings. The van der Waals surface area contributed by atoms with Crippen LogP contribution in [-0.2, 0) is 10.0 Å². The number of amides is 1. The van der Waals surface area contributed by atoms with Crippen molar-refractivity contribution in [3.05, 3.63) is 123 Å². The third-order valence-corrected chi connectivity index (χ3v) is 15.2. The first-order chi connectivity index (χ1) is 29.9. The third kappa shape index (κ3) is 10.3. The van der Waals surface area contributed by atoms with Crippen molar-refractivity contribution in [3.8, 4) is 11.5 Å². The molecule has 2 fully saturated rings. The number of ether oxygens (including phenoxy) is 1. The van der Waals surface area contributed by atoms with Gasteiger partial charge in [-0.1, -0.05) is 43.2 Å². The number of fused-ring (bicyclic) bond motifs is 1. The molecule has 1 amide bonds. The predicted octanol–water partition coefficient (Wildman–Crippen LogP) is 8.96. The number of hydrogen-bond donors (Lipinski definition) is 5. The molecule has 1 aliphatic carbocycles. The average molecular weight is 923 g/mol. The number of aromatic nitrogens is 1. The molecule has 5 N–H and O–H groups in total. The van der Waals surface area contributed by atoms with E-state index < -0.39 is 47.8 Å². The number of aromatic amines is 1. The summed E-state index contributed by atoms with van der Waals surface area (Å²) >= 11 is 6.23. The number of H-pyrrole nitrogens is 1. The van der Waals surface area contributed by atoms with E-state index in [9.17, 15) is 32.4 Å². The standard InChI is InChI=1S/C44H49ClFN7O8S2/c1-44(2)13-11-31(36(27-44)29-3-5-32(45)6-4-29)28-50-15-17-51(18-16-50)33-7-9-35(41(24-33)61-42-23-30-12-14-47-39(30)26-37(42)46)43(54)49-63(59,60)34-8-10-38(40(25-34)53(55)56)48-52-19-21-62(57,58)22-20-52/h3-10,12,14,23-26,47-48,57-58H,11,13,15-22,27-28H2,1-2H3,(H,49,54). The van der Waals surface area contributed by atoms with Gasteiger partial charge < -0.3 is 20.0 Å². The Morgan fingerprint density at radius 1 is 0.968 bits per heavy atom. The number of halogens is 2. The number of nitrogens with zero attached hydrogens (tertiary/aromatic N) is 4. The summed E-state index contributed by atoms with van der Waals surface area (Å²) in [7, 11) is -7.42. The summed E-state index contributed by atoms with van der Waals surface area (Å²) < 4.78 is 70.8. The summed E-state index contributed by atoms with van der Waals surface area (Å²) in [6, 6.07) is 20.4. The van der Waals surface area contributed by atoms with Gasteiger partial charge in [0, 0.05) is 91.8 Å². The molecule has 0 atom stereocenters. The zero-order valence-electron chi connectivity index (χ0n) is 34.8. The van der Waals surface area contributed by atoms with E-state index in [4.69, 9.17) is 16.3 Å². The van der Waals surface area contributed by atoms with E-state index in [1.807, 2.05) is 16.9 Å². The van der Waals surface area contributed by atoms with Crippen molar-refractivity contribution in [1.82, 2.24) is 19.6 Å². The van der Waals surface area contributed by atoms with E-state index in [2.05, 4.69) is 46.2 Å². The fourth-order valence-corrected chi connectivity index (χ4v) is 10.6. The topological polar surface area (TPSA) is 194 Å². The zero-order valence-corrected chi connectivity index (χ0v) is 37.2. The number of nitro benzene ring substituents is 1. The first kappa shape index (κ1) is 44.4. The van der Waals surface area contributed by atoms with Gasteiger partial charge in [-0.3, -0.25) is 28.9 Å². The van der Waals surface area contributed by atoms with Crippen LogP contribution in [0.3, 0.4) is 0 Å². The number of sulfonamides is 1. The minimum absolute atomic E-state index is 0.0185. The Morgan fingerprint density at radius 2 is 1.70 bits per heavy atom. The highest BCUT2D eigenvalue weighted by Gasteiger charge is 2.31. The van der Waals surface area contributed by atoms with E-state index in [-0.39, 0.29) is 52.8 Å². The van der Waals surface area contributed by atoms with Gasteiger partial charge in [-0.2, -0.15) is 10.6 Å². The molecule has 0 unspecified atom stereocenters. The van der Waals surface area contributed by atoms with Crippen molar-refractivity contribution in [3.63, 3.8) is 0 Å². The minimum Gasteiger partial charge on any atom is -0.453 e. The van der Waals surface area contributed by atoms with Crippen molar-refractivity contribution in [2.24, 2.45) is 5.41 Å². The van der Waals surface area contributed by atoms with Crippen molar-refractivity contribution >= 4 is 71.7 Å². The highest BCUT2D eigenvalue weighted by Crippen LogP contribution is 2.44. The monoisotopic (exact) mass is 921 g/mol. The van der Waals surface area contributed by atoms with Gasteiger partial charge in [0.15, 0.2) is 11.6 Å². The summed E-state index contributed by atoms with van der Waals surface area (Å²) in [5.41, 5.74) is 7.47. The Morgan fingerprint density at radius 3 is 2.41 bits per heavy atom. The molecule has 0 radical (unpaired) electrons. The molecule has 1 aromatic heterocycles. The Bertz CT molecular complexity index is 2690. The fourth-order valence-electron chi connectivity index (χ4n) is 8.30. The molecule has 19 heteroatoms. The van der Waals surface area contributed by atoms with Crippen LogP contribution in [0, 0.1) is 21.3 Å². The number of hydrogen-bond acceptors (Lipinski definition) is 12. The van der Waals surface area contributed by atoms with Gasteiger partial charge in [0.05, 0.1) is 26.9 Å². The van der Waals surface area contributed by atoms with E-state index in [0.29, 0.717) is 34.7 Å². The van der Waals surface area contributed by atoms with E-state index >= 15 is 4.39 Å². The molecule has 0 bridgehead atoms. The van der Waals surface area contributed by atoms with Gasteiger partial charge in [-0.15, -0.1) is 0 Å². The molecule has 4 aromatic carbocycles. The fraction of sp³-hybridized carbons (Fsp3) is 0.341. The van der Waals surface area contributed by atoms with Gasteiger partial charge >= 0.3 is 0 Å². The molecule has 63 heavy (non-hydrogen) atoms. The number of allylic oxidation sites excluding steroid dienone is 1. The van der Waals surface area contributed by atoms with E-state index in [1.54, 1.807) is 29.4 Å². The summed E-state index contributed by atoms with van der Waals surface area (Å²) in [6.07, 6.45) is 4.74. The molecular weight excluding hydrogens is 873 g/mol. The summed E-state index contributed by atoms with van der Waals surface area (Å²) in [5, 5.41) is 15.0. The molecule has 2 aliphatic heterocycles. The highest BCUT2D eigenvalue weighted by molar-refractivity contribution is 8.24. The zero-order chi connectivity index (χ0) is 44.7. The van der Waals surface area contributed by atoms with E-state index in [1.165, 1.54) is 41.0 Å². The molecular formula is C44H49ClFN7O8S2. The Balaban J connectivity index is 1.02. The Kier molecular flexibility index (Phi) is 12.5. The number of piperazine rings is 1. The van der Waals surface area contributed by atoms with Crippen LogP contribution in [0.25, 0.3) is 16.5 Å². The van der Waals surface area contributed by atoms with Crippen LogP contribution in [0.1, 0.15) is 49.0 Å². The van der Waals surface area contributed by atoms with E-state index in [0.717, 1.165) is 51.0 Å². The summed E-state index contributed by atoms with van der Waals surface area (Å²) in [6.45, 7) is 8.63. The second kappa shape index (κ2) is 17.8. The van der Waals surface area contributed by atoms with Gasteiger partial charge in [-0.25, -0.2) is 22.5 Å². The Hall–Kier alpha value is -5.21. The smallest absolute Gasteiger partial charge is 0.295 e. The number of hydrazine groups is 1. The van der Waals surface area contributed by atoms with Crippen LogP contribution in [0.15, 0.2) is 95.5 Å². The second-order valence-electron chi connectivity index (χ2n) is 17.0. The highest BCUT2D eigenvalue weighted by atomic mass is 35.5.